The fourth-order valence-corrected chi connectivity index (χ4v) is 2.32. The highest BCUT2D eigenvalue weighted by molar-refractivity contribution is 9.10. The third kappa shape index (κ3) is 2.96. The van der Waals surface area contributed by atoms with E-state index >= 15 is 0 Å². The highest BCUT2D eigenvalue weighted by Gasteiger charge is 2.27. The van der Waals surface area contributed by atoms with Crippen LogP contribution < -0.4 is 4.90 Å². The number of rotatable bonds is 5. The molecule has 1 N–H and O–H groups in total. The van der Waals surface area contributed by atoms with Crippen molar-refractivity contribution >= 4 is 21.7 Å². The van der Waals surface area contributed by atoms with Gasteiger partial charge in [-0.05, 0) is 47.7 Å². The molecule has 1 aromatic rings. The minimum absolute atomic E-state index is 0.126. The van der Waals surface area contributed by atoms with Crippen molar-refractivity contribution in [2.24, 2.45) is 0 Å². The Bertz CT molecular complexity index is 385. The number of halogens is 2. The second kappa shape index (κ2) is 5.78. The first-order chi connectivity index (χ1) is 8.22. The second-order valence-corrected chi connectivity index (χ2v) is 5.23. The maximum Gasteiger partial charge on any atom is 0.166 e. The van der Waals surface area contributed by atoms with Crippen LogP contribution in [0.5, 0.6) is 0 Å². The molecule has 17 heavy (non-hydrogen) atoms. The molecule has 1 aliphatic rings. The van der Waals surface area contributed by atoms with Gasteiger partial charge in [0.1, 0.15) is 0 Å². The molecular formula is C12H16BrFN2O. The number of anilines is 1. The first-order valence-corrected chi connectivity index (χ1v) is 6.70. The van der Waals surface area contributed by atoms with E-state index in [1.54, 1.807) is 6.20 Å². The van der Waals surface area contributed by atoms with Gasteiger partial charge in [0.15, 0.2) is 11.6 Å². The van der Waals surface area contributed by atoms with Crippen LogP contribution >= 0.6 is 15.9 Å². The fourth-order valence-electron chi connectivity index (χ4n) is 2.02. The van der Waals surface area contributed by atoms with Gasteiger partial charge in [0, 0.05) is 29.9 Å². The van der Waals surface area contributed by atoms with E-state index in [2.05, 4.69) is 20.9 Å². The summed E-state index contributed by atoms with van der Waals surface area (Å²) in [5.74, 6) is 0.107. The first-order valence-electron chi connectivity index (χ1n) is 5.91. The third-order valence-corrected chi connectivity index (χ3v) is 3.57. The van der Waals surface area contributed by atoms with Crippen LogP contribution in [0, 0.1) is 5.82 Å². The van der Waals surface area contributed by atoms with Crippen molar-refractivity contribution in [3.63, 3.8) is 0 Å². The summed E-state index contributed by atoms with van der Waals surface area (Å²) in [5, 5.41) is 8.90. The average molecular weight is 303 g/mol. The van der Waals surface area contributed by atoms with Gasteiger partial charge in [-0.2, -0.15) is 0 Å². The van der Waals surface area contributed by atoms with Gasteiger partial charge in [0.25, 0.3) is 0 Å². The maximum atomic E-state index is 13.9. The molecule has 1 saturated carbocycles. The van der Waals surface area contributed by atoms with Crippen molar-refractivity contribution in [3.8, 4) is 0 Å². The topological polar surface area (TPSA) is 36.4 Å². The Morgan fingerprint density at radius 2 is 2.29 bits per heavy atom. The van der Waals surface area contributed by atoms with Crippen molar-refractivity contribution in [2.45, 2.75) is 31.7 Å². The van der Waals surface area contributed by atoms with Crippen LogP contribution in [0.3, 0.4) is 0 Å². The van der Waals surface area contributed by atoms with Crippen LogP contribution in [0.2, 0.25) is 0 Å². The summed E-state index contributed by atoms with van der Waals surface area (Å²) < 4.78 is 14.5. The summed E-state index contributed by atoms with van der Waals surface area (Å²) in [6, 6.07) is 1.82. The maximum absolute atomic E-state index is 13.9. The molecule has 0 saturated heterocycles. The first kappa shape index (κ1) is 12.8. The Balaban J connectivity index is 2.17. The lowest BCUT2D eigenvalue weighted by atomic mass is 9.91. The van der Waals surface area contributed by atoms with Gasteiger partial charge in [-0.1, -0.05) is 0 Å². The SMILES string of the molecule is OCCCN(c1ncc(Br)cc1F)C1CCC1. The predicted octanol–water partition coefficient (Wildman–Crippen LogP) is 2.72. The lowest BCUT2D eigenvalue weighted by Gasteiger charge is -2.38. The number of pyridine rings is 1. The van der Waals surface area contributed by atoms with Gasteiger partial charge < -0.3 is 10.0 Å². The monoisotopic (exact) mass is 302 g/mol. The molecule has 2 rings (SSSR count). The molecule has 0 aromatic carbocycles. The molecule has 0 amide bonds. The van der Waals surface area contributed by atoms with E-state index < -0.39 is 0 Å². The molecule has 0 spiro atoms. The van der Waals surface area contributed by atoms with E-state index in [0.717, 1.165) is 12.8 Å². The zero-order valence-electron chi connectivity index (χ0n) is 9.57. The Labute approximate surface area is 109 Å². The van der Waals surface area contributed by atoms with Crippen molar-refractivity contribution in [3.05, 3.63) is 22.6 Å². The number of nitrogens with zero attached hydrogens (tertiary/aromatic N) is 2. The van der Waals surface area contributed by atoms with Gasteiger partial charge in [0.2, 0.25) is 0 Å². The molecule has 0 atom stereocenters. The van der Waals surface area contributed by atoms with Crippen LogP contribution in [-0.4, -0.2) is 29.3 Å². The van der Waals surface area contributed by atoms with Gasteiger partial charge >= 0.3 is 0 Å². The third-order valence-electron chi connectivity index (χ3n) is 3.13. The Kier molecular flexibility index (Phi) is 4.34. The highest BCUT2D eigenvalue weighted by Crippen LogP contribution is 2.30. The van der Waals surface area contributed by atoms with E-state index in [4.69, 9.17) is 5.11 Å². The Hall–Kier alpha value is -0.680. The molecule has 0 aliphatic heterocycles. The van der Waals surface area contributed by atoms with Gasteiger partial charge in [-0.15, -0.1) is 0 Å². The van der Waals surface area contributed by atoms with Crippen molar-refractivity contribution in [1.29, 1.82) is 0 Å². The van der Waals surface area contributed by atoms with Crippen LogP contribution in [0.25, 0.3) is 0 Å². The molecule has 0 radical (unpaired) electrons. The number of aliphatic hydroxyl groups is 1. The van der Waals surface area contributed by atoms with Crippen LogP contribution in [0.15, 0.2) is 16.7 Å². The van der Waals surface area contributed by atoms with Crippen molar-refractivity contribution in [1.82, 2.24) is 4.98 Å². The fraction of sp³-hybridized carbons (Fsp3) is 0.583. The minimum atomic E-state index is -0.302. The number of aromatic nitrogens is 1. The second-order valence-electron chi connectivity index (χ2n) is 4.31. The number of aliphatic hydroxyl groups excluding tert-OH is 1. The summed E-state index contributed by atoms with van der Waals surface area (Å²) in [7, 11) is 0. The molecule has 3 nitrogen and oxygen atoms in total. The standard InChI is InChI=1S/C12H16BrFN2O/c13-9-7-11(14)12(15-8-9)16(5-2-6-17)10-3-1-4-10/h7-8,10,17H,1-6H2. The van der Waals surface area contributed by atoms with Crippen molar-refractivity contribution in [2.75, 3.05) is 18.1 Å². The minimum Gasteiger partial charge on any atom is -0.396 e. The molecule has 0 unspecified atom stereocenters. The summed E-state index contributed by atoms with van der Waals surface area (Å²) in [6.45, 7) is 0.786. The predicted molar refractivity (Wildman–Crippen MR) is 68.6 cm³/mol. The number of hydrogen-bond donors (Lipinski definition) is 1. The van der Waals surface area contributed by atoms with Crippen LogP contribution in [-0.2, 0) is 0 Å². The zero-order chi connectivity index (χ0) is 12.3. The highest BCUT2D eigenvalue weighted by atomic mass is 79.9. The van der Waals surface area contributed by atoms with Crippen LogP contribution in [0.1, 0.15) is 25.7 Å². The molecule has 1 fully saturated rings. The largest absolute Gasteiger partial charge is 0.396 e. The molecule has 0 bridgehead atoms. The van der Waals surface area contributed by atoms with Gasteiger partial charge in [-0.25, -0.2) is 9.37 Å². The Morgan fingerprint density at radius 1 is 1.53 bits per heavy atom. The summed E-state index contributed by atoms with van der Waals surface area (Å²) >= 11 is 3.21. The zero-order valence-corrected chi connectivity index (χ0v) is 11.2. The molecular weight excluding hydrogens is 287 g/mol. The molecule has 1 heterocycles. The van der Waals surface area contributed by atoms with Gasteiger partial charge in [0.05, 0.1) is 0 Å². The Morgan fingerprint density at radius 3 is 2.82 bits per heavy atom. The smallest absolute Gasteiger partial charge is 0.166 e. The molecule has 5 heteroatoms. The van der Waals surface area contributed by atoms with E-state index in [9.17, 15) is 4.39 Å². The van der Waals surface area contributed by atoms with Crippen molar-refractivity contribution < 1.29 is 9.50 Å². The molecule has 1 aliphatic carbocycles. The summed E-state index contributed by atoms with van der Waals surface area (Å²) in [4.78, 5) is 6.14. The average Bonchev–Trinajstić information content (AvgIpc) is 2.22. The quantitative estimate of drug-likeness (QED) is 0.908. The van der Waals surface area contributed by atoms with E-state index in [1.807, 2.05) is 4.90 Å². The lowest BCUT2D eigenvalue weighted by Crippen LogP contribution is -2.42. The van der Waals surface area contributed by atoms with E-state index in [0.29, 0.717) is 29.3 Å². The lowest BCUT2D eigenvalue weighted by molar-refractivity contribution is 0.282. The molecule has 94 valence electrons. The van der Waals surface area contributed by atoms with Gasteiger partial charge in [-0.3, -0.25) is 0 Å². The summed E-state index contributed by atoms with van der Waals surface area (Å²) in [6.07, 6.45) is 5.63. The number of hydrogen-bond acceptors (Lipinski definition) is 3. The summed E-state index contributed by atoms with van der Waals surface area (Å²) in [5.41, 5.74) is 0. The van der Waals surface area contributed by atoms with Crippen LogP contribution in [0.4, 0.5) is 10.2 Å². The van der Waals surface area contributed by atoms with E-state index in [1.165, 1.54) is 12.5 Å². The normalized spacial score (nSPS) is 15.7. The van der Waals surface area contributed by atoms with E-state index in [-0.39, 0.29) is 12.4 Å². The molecule has 1 aromatic heterocycles.